The summed E-state index contributed by atoms with van der Waals surface area (Å²) in [6.45, 7) is 5.32. The lowest BCUT2D eigenvalue weighted by Gasteiger charge is -2.17. The van der Waals surface area contributed by atoms with Gasteiger partial charge in [-0.2, -0.15) is 0 Å². The van der Waals surface area contributed by atoms with Gasteiger partial charge in [0.25, 0.3) is 0 Å². The van der Waals surface area contributed by atoms with Crippen LogP contribution in [0.25, 0.3) is 0 Å². The molecule has 0 aromatic rings. The van der Waals surface area contributed by atoms with E-state index in [0.717, 1.165) is 32.1 Å². The van der Waals surface area contributed by atoms with Crippen molar-refractivity contribution >= 4 is 11.9 Å². The van der Waals surface area contributed by atoms with Gasteiger partial charge >= 0.3 is 5.97 Å². The quantitative estimate of drug-likeness (QED) is 0.0434. The SMILES string of the molecule is CCCCCCCC/C=C\CCCCCCCC(=O)NC(CCN)C(=O)OCCCCCCCCCCCCCCCC. The van der Waals surface area contributed by atoms with Crippen LogP contribution in [0, 0.1) is 0 Å². The Morgan fingerprint density at radius 3 is 1.42 bits per heavy atom. The van der Waals surface area contributed by atoms with Crippen molar-refractivity contribution in [2.45, 2.75) is 206 Å². The van der Waals surface area contributed by atoms with Crippen LogP contribution in [0.5, 0.6) is 0 Å². The smallest absolute Gasteiger partial charge is 0.328 e. The molecule has 254 valence electrons. The second-order valence-electron chi connectivity index (χ2n) is 12.8. The fraction of sp³-hybridized carbons (Fsp3) is 0.895. The van der Waals surface area contributed by atoms with Gasteiger partial charge in [-0.3, -0.25) is 4.79 Å². The first-order valence-electron chi connectivity index (χ1n) is 19.0. The molecule has 1 unspecified atom stereocenters. The Morgan fingerprint density at radius 2 is 0.977 bits per heavy atom. The van der Waals surface area contributed by atoms with E-state index < -0.39 is 6.04 Å². The largest absolute Gasteiger partial charge is 0.464 e. The monoisotopic (exact) mass is 607 g/mol. The van der Waals surface area contributed by atoms with Gasteiger partial charge in [0.15, 0.2) is 0 Å². The molecular weight excluding hydrogens is 532 g/mol. The lowest BCUT2D eigenvalue weighted by molar-refractivity contribution is -0.148. The highest BCUT2D eigenvalue weighted by atomic mass is 16.5. The Morgan fingerprint density at radius 1 is 0.581 bits per heavy atom. The van der Waals surface area contributed by atoms with Gasteiger partial charge in [-0.15, -0.1) is 0 Å². The van der Waals surface area contributed by atoms with Crippen LogP contribution in [-0.2, 0) is 14.3 Å². The summed E-state index contributed by atoms with van der Waals surface area (Å²) in [7, 11) is 0. The van der Waals surface area contributed by atoms with Crippen LogP contribution < -0.4 is 11.1 Å². The minimum atomic E-state index is -0.618. The Hall–Kier alpha value is -1.36. The number of hydrogen-bond donors (Lipinski definition) is 2. The summed E-state index contributed by atoms with van der Waals surface area (Å²) in [5.74, 6) is -0.400. The minimum Gasteiger partial charge on any atom is -0.464 e. The number of hydrogen-bond acceptors (Lipinski definition) is 4. The number of unbranched alkanes of at least 4 members (excludes halogenated alkanes) is 24. The molecule has 1 atom stereocenters. The summed E-state index contributed by atoms with van der Waals surface area (Å²) in [4.78, 5) is 24.9. The van der Waals surface area contributed by atoms with Crippen LogP contribution in [0.15, 0.2) is 12.2 Å². The molecule has 0 fully saturated rings. The Labute approximate surface area is 268 Å². The van der Waals surface area contributed by atoms with Gasteiger partial charge < -0.3 is 15.8 Å². The Bertz CT molecular complexity index is 622. The molecule has 0 bridgehead atoms. The molecule has 43 heavy (non-hydrogen) atoms. The van der Waals surface area contributed by atoms with Crippen LogP contribution in [0.2, 0.25) is 0 Å². The summed E-state index contributed by atoms with van der Waals surface area (Å²) < 4.78 is 5.48. The normalized spacial score (nSPS) is 12.2. The standard InChI is InChI=1S/C38H74N2O3/c1-3-5-7-9-11-13-15-17-19-20-22-24-26-28-30-32-37(41)40-36(33-34-39)38(42)43-35-31-29-27-25-23-21-18-16-14-12-10-8-6-4-2/h17,19,36H,3-16,18,20-35,39H2,1-2H3,(H,40,41)/b19-17-. The maximum atomic E-state index is 12.5. The van der Waals surface area contributed by atoms with E-state index in [9.17, 15) is 9.59 Å². The second kappa shape index (κ2) is 35.1. The number of nitrogens with one attached hydrogen (secondary N) is 1. The van der Waals surface area contributed by atoms with Crippen LogP contribution >= 0.6 is 0 Å². The lowest BCUT2D eigenvalue weighted by atomic mass is 10.0. The summed E-state index contributed by atoms with van der Waals surface area (Å²) in [6.07, 6.45) is 39.9. The van der Waals surface area contributed by atoms with Crippen LogP contribution in [-0.4, -0.2) is 31.1 Å². The molecule has 0 saturated heterocycles. The Kier molecular flexibility index (Phi) is 34.0. The van der Waals surface area contributed by atoms with Gasteiger partial charge in [0.2, 0.25) is 5.91 Å². The molecule has 1 amide bonds. The van der Waals surface area contributed by atoms with E-state index in [2.05, 4.69) is 31.3 Å². The van der Waals surface area contributed by atoms with E-state index in [1.54, 1.807) is 0 Å². The molecule has 3 N–H and O–H groups in total. The summed E-state index contributed by atoms with van der Waals surface area (Å²) in [5.41, 5.74) is 5.70. The molecule has 0 aromatic carbocycles. The van der Waals surface area contributed by atoms with Crippen molar-refractivity contribution in [2.24, 2.45) is 5.73 Å². The fourth-order valence-electron chi connectivity index (χ4n) is 5.61. The average molecular weight is 607 g/mol. The molecule has 0 aliphatic rings. The van der Waals surface area contributed by atoms with Gasteiger partial charge in [0.05, 0.1) is 6.61 Å². The zero-order valence-electron chi connectivity index (χ0n) is 29.0. The lowest BCUT2D eigenvalue weighted by Crippen LogP contribution is -2.43. The number of allylic oxidation sites excluding steroid dienone is 2. The third kappa shape index (κ3) is 31.9. The molecule has 0 spiro atoms. The molecule has 0 aliphatic heterocycles. The van der Waals surface area contributed by atoms with E-state index >= 15 is 0 Å². The minimum absolute atomic E-state index is 0.0653. The topological polar surface area (TPSA) is 81.4 Å². The highest BCUT2D eigenvalue weighted by molar-refractivity contribution is 5.84. The molecular formula is C38H74N2O3. The number of rotatable bonds is 34. The van der Waals surface area contributed by atoms with E-state index in [-0.39, 0.29) is 11.9 Å². The predicted molar refractivity (Wildman–Crippen MR) is 186 cm³/mol. The number of carbonyl (C=O) groups excluding carboxylic acids is 2. The number of esters is 1. The zero-order chi connectivity index (χ0) is 31.5. The van der Waals surface area contributed by atoms with Crippen molar-refractivity contribution in [3.8, 4) is 0 Å². The molecule has 0 rings (SSSR count). The predicted octanol–water partition coefficient (Wildman–Crippen LogP) is 10.9. The average Bonchev–Trinajstić information content (AvgIpc) is 3.00. The van der Waals surface area contributed by atoms with Crippen molar-refractivity contribution < 1.29 is 14.3 Å². The van der Waals surface area contributed by atoms with E-state index in [0.29, 0.717) is 26.0 Å². The van der Waals surface area contributed by atoms with Crippen molar-refractivity contribution in [3.63, 3.8) is 0 Å². The molecule has 0 aliphatic carbocycles. The van der Waals surface area contributed by atoms with E-state index in [1.165, 1.54) is 141 Å². The number of ether oxygens (including phenoxy) is 1. The first-order chi connectivity index (χ1) is 21.2. The highest BCUT2D eigenvalue weighted by Crippen LogP contribution is 2.14. The summed E-state index contributed by atoms with van der Waals surface area (Å²) in [6, 6.07) is -0.618. The number of amides is 1. The molecule has 0 aromatic heterocycles. The molecule has 0 saturated carbocycles. The van der Waals surface area contributed by atoms with Crippen molar-refractivity contribution in [1.82, 2.24) is 5.32 Å². The van der Waals surface area contributed by atoms with Gasteiger partial charge in [-0.25, -0.2) is 4.79 Å². The second-order valence-corrected chi connectivity index (χ2v) is 12.8. The maximum Gasteiger partial charge on any atom is 0.328 e. The summed E-state index contributed by atoms with van der Waals surface area (Å²) in [5, 5.41) is 2.87. The van der Waals surface area contributed by atoms with Gasteiger partial charge in [-0.1, -0.05) is 161 Å². The van der Waals surface area contributed by atoms with Gasteiger partial charge in [-0.05, 0) is 51.5 Å². The Balaban J connectivity index is 3.67. The molecule has 5 heteroatoms. The summed E-state index contributed by atoms with van der Waals surface area (Å²) >= 11 is 0. The number of nitrogens with two attached hydrogens (primary N) is 1. The third-order valence-electron chi connectivity index (χ3n) is 8.48. The van der Waals surface area contributed by atoms with Crippen LogP contribution in [0.1, 0.15) is 200 Å². The third-order valence-corrected chi connectivity index (χ3v) is 8.48. The van der Waals surface area contributed by atoms with Gasteiger partial charge in [0, 0.05) is 6.42 Å². The first kappa shape index (κ1) is 41.6. The molecule has 0 heterocycles. The van der Waals surface area contributed by atoms with Crippen molar-refractivity contribution in [1.29, 1.82) is 0 Å². The molecule has 5 nitrogen and oxygen atoms in total. The molecule has 0 radical (unpaired) electrons. The van der Waals surface area contributed by atoms with Crippen molar-refractivity contribution in [2.75, 3.05) is 13.2 Å². The van der Waals surface area contributed by atoms with Crippen LogP contribution in [0.4, 0.5) is 0 Å². The van der Waals surface area contributed by atoms with E-state index in [1.807, 2.05) is 0 Å². The fourth-order valence-corrected chi connectivity index (χ4v) is 5.61. The maximum absolute atomic E-state index is 12.5. The van der Waals surface area contributed by atoms with E-state index in [4.69, 9.17) is 10.5 Å². The van der Waals surface area contributed by atoms with Gasteiger partial charge in [0.1, 0.15) is 6.04 Å². The first-order valence-corrected chi connectivity index (χ1v) is 19.0. The van der Waals surface area contributed by atoms with Crippen LogP contribution in [0.3, 0.4) is 0 Å². The number of carbonyl (C=O) groups is 2. The van der Waals surface area contributed by atoms with Crippen molar-refractivity contribution in [3.05, 3.63) is 12.2 Å². The zero-order valence-corrected chi connectivity index (χ0v) is 29.0. The highest BCUT2D eigenvalue weighted by Gasteiger charge is 2.21.